The third kappa shape index (κ3) is 3.20. The maximum atomic E-state index is 12.9. The van der Waals surface area contributed by atoms with Gasteiger partial charge in [0.2, 0.25) is 5.82 Å². The number of rotatable bonds is 1. The van der Waals surface area contributed by atoms with Gasteiger partial charge in [0.1, 0.15) is 5.82 Å². The van der Waals surface area contributed by atoms with E-state index in [0.717, 1.165) is 19.5 Å². The molecule has 0 bridgehead atoms. The van der Waals surface area contributed by atoms with Crippen LogP contribution in [0.1, 0.15) is 56.5 Å². The SMILES string of the molecule is Cc1cc(N2CCCC3(CCCCC3)C2)nc(C(F)(F)F)n1. The molecule has 0 radical (unpaired) electrons. The Bertz CT molecular complexity index is 530. The van der Waals surface area contributed by atoms with Crippen molar-refractivity contribution in [3.63, 3.8) is 0 Å². The van der Waals surface area contributed by atoms with E-state index < -0.39 is 12.0 Å². The van der Waals surface area contributed by atoms with Crippen molar-refractivity contribution in [2.45, 2.75) is 58.0 Å². The van der Waals surface area contributed by atoms with E-state index >= 15 is 0 Å². The summed E-state index contributed by atoms with van der Waals surface area (Å²) in [6, 6.07) is 1.68. The highest BCUT2D eigenvalue weighted by Crippen LogP contribution is 2.44. The number of aromatic nitrogens is 2. The van der Waals surface area contributed by atoms with Gasteiger partial charge >= 0.3 is 6.18 Å². The van der Waals surface area contributed by atoms with Crippen LogP contribution in [0.25, 0.3) is 0 Å². The molecular weight excluding hydrogens is 291 g/mol. The molecule has 0 unspecified atom stereocenters. The van der Waals surface area contributed by atoms with E-state index in [4.69, 9.17) is 0 Å². The van der Waals surface area contributed by atoms with Gasteiger partial charge < -0.3 is 4.90 Å². The van der Waals surface area contributed by atoms with E-state index in [1.165, 1.54) is 38.5 Å². The smallest absolute Gasteiger partial charge is 0.356 e. The summed E-state index contributed by atoms with van der Waals surface area (Å²) >= 11 is 0. The van der Waals surface area contributed by atoms with Crippen molar-refractivity contribution in [1.29, 1.82) is 0 Å². The number of hydrogen-bond acceptors (Lipinski definition) is 3. The van der Waals surface area contributed by atoms with E-state index in [2.05, 4.69) is 9.97 Å². The van der Waals surface area contributed by atoms with Crippen LogP contribution in [0.3, 0.4) is 0 Å². The van der Waals surface area contributed by atoms with E-state index in [-0.39, 0.29) is 5.41 Å². The van der Waals surface area contributed by atoms with Gasteiger partial charge in [-0.25, -0.2) is 9.97 Å². The van der Waals surface area contributed by atoms with Crippen LogP contribution in [0, 0.1) is 12.3 Å². The zero-order valence-corrected chi connectivity index (χ0v) is 12.9. The topological polar surface area (TPSA) is 29.0 Å². The second-order valence-electron chi connectivity index (χ2n) is 6.77. The quantitative estimate of drug-likeness (QED) is 0.771. The molecule has 1 aromatic heterocycles. The summed E-state index contributed by atoms with van der Waals surface area (Å²) in [5.74, 6) is -0.588. The predicted molar refractivity (Wildman–Crippen MR) is 78.7 cm³/mol. The number of alkyl halides is 3. The molecule has 0 N–H and O–H groups in total. The van der Waals surface area contributed by atoms with Crippen molar-refractivity contribution in [1.82, 2.24) is 9.97 Å². The van der Waals surface area contributed by atoms with Crippen LogP contribution < -0.4 is 4.90 Å². The zero-order valence-electron chi connectivity index (χ0n) is 12.9. The maximum absolute atomic E-state index is 12.9. The van der Waals surface area contributed by atoms with Crippen LogP contribution >= 0.6 is 0 Å². The fraction of sp³-hybridized carbons (Fsp3) is 0.750. The summed E-state index contributed by atoms with van der Waals surface area (Å²) in [4.78, 5) is 9.38. The molecule has 2 aliphatic rings. The molecule has 0 aromatic carbocycles. The van der Waals surface area contributed by atoms with E-state index in [1.807, 2.05) is 4.90 Å². The Morgan fingerprint density at radius 2 is 1.73 bits per heavy atom. The molecule has 3 nitrogen and oxygen atoms in total. The van der Waals surface area contributed by atoms with Gasteiger partial charge in [0.25, 0.3) is 0 Å². The first-order chi connectivity index (χ1) is 10.4. The average Bonchev–Trinajstić information content (AvgIpc) is 2.46. The van der Waals surface area contributed by atoms with Crippen LogP contribution in [-0.2, 0) is 6.18 Å². The Balaban J connectivity index is 1.85. The first kappa shape index (κ1) is 15.6. The van der Waals surface area contributed by atoms with Crippen molar-refractivity contribution >= 4 is 5.82 Å². The summed E-state index contributed by atoms with van der Waals surface area (Å²) in [5.41, 5.74) is 0.661. The lowest BCUT2D eigenvalue weighted by molar-refractivity contribution is -0.145. The summed E-state index contributed by atoms with van der Waals surface area (Å²) in [7, 11) is 0. The highest BCUT2D eigenvalue weighted by molar-refractivity contribution is 5.41. The van der Waals surface area contributed by atoms with Gasteiger partial charge in [-0.05, 0) is 38.0 Å². The zero-order chi connectivity index (χ0) is 15.8. The van der Waals surface area contributed by atoms with Gasteiger partial charge in [0.05, 0.1) is 0 Å². The van der Waals surface area contributed by atoms with Crippen molar-refractivity contribution in [2.75, 3.05) is 18.0 Å². The molecule has 1 aromatic rings. The molecule has 22 heavy (non-hydrogen) atoms. The molecule has 122 valence electrons. The normalized spacial score (nSPS) is 22.1. The minimum atomic E-state index is -4.49. The maximum Gasteiger partial charge on any atom is 0.451 e. The highest BCUT2D eigenvalue weighted by atomic mass is 19.4. The van der Waals surface area contributed by atoms with Crippen LogP contribution in [0.2, 0.25) is 0 Å². The predicted octanol–water partition coefficient (Wildman–Crippen LogP) is 4.35. The highest BCUT2D eigenvalue weighted by Gasteiger charge is 2.39. The van der Waals surface area contributed by atoms with Crippen LogP contribution in [0.4, 0.5) is 19.0 Å². The number of halogens is 3. The first-order valence-electron chi connectivity index (χ1n) is 8.06. The molecule has 1 aliphatic carbocycles. The van der Waals surface area contributed by atoms with E-state index in [0.29, 0.717) is 11.5 Å². The molecule has 0 amide bonds. The number of nitrogens with zero attached hydrogens (tertiary/aromatic N) is 3. The summed E-state index contributed by atoms with van der Waals surface area (Å²) in [5, 5.41) is 0. The Morgan fingerprint density at radius 1 is 1.05 bits per heavy atom. The van der Waals surface area contributed by atoms with Gasteiger partial charge in [0.15, 0.2) is 0 Å². The molecule has 0 atom stereocenters. The molecule has 2 heterocycles. The Hall–Kier alpha value is -1.33. The molecule has 6 heteroatoms. The van der Waals surface area contributed by atoms with Gasteiger partial charge in [-0.15, -0.1) is 0 Å². The van der Waals surface area contributed by atoms with E-state index in [1.54, 1.807) is 13.0 Å². The largest absolute Gasteiger partial charge is 0.451 e. The third-order valence-corrected chi connectivity index (χ3v) is 4.99. The monoisotopic (exact) mass is 313 g/mol. The Labute approximate surface area is 128 Å². The van der Waals surface area contributed by atoms with Gasteiger partial charge in [-0.1, -0.05) is 19.3 Å². The van der Waals surface area contributed by atoms with Gasteiger partial charge in [-0.2, -0.15) is 13.2 Å². The summed E-state index contributed by atoms with van der Waals surface area (Å²) in [6.45, 7) is 3.22. The van der Waals surface area contributed by atoms with Crippen molar-refractivity contribution in [3.8, 4) is 0 Å². The number of anilines is 1. The fourth-order valence-electron chi connectivity index (χ4n) is 3.95. The average molecular weight is 313 g/mol. The van der Waals surface area contributed by atoms with Crippen LogP contribution in [0.5, 0.6) is 0 Å². The summed E-state index contributed by atoms with van der Waals surface area (Å²) < 4.78 is 38.8. The molecule has 1 spiro atoms. The fourth-order valence-corrected chi connectivity index (χ4v) is 3.95. The Kier molecular flexibility index (Phi) is 4.03. The van der Waals surface area contributed by atoms with Gasteiger partial charge in [-0.3, -0.25) is 0 Å². The third-order valence-electron chi connectivity index (χ3n) is 4.99. The second kappa shape index (κ2) is 5.70. The summed E-state index contributed by atoms with van der Waals surface area (Å²) in [6.07, 6.45) is 3.89. The molecule has 3 rings (SSSR count). The number of aryl methyl sites for hydroxylation is 1. The van der Waals surface area contributed by atoms with Crippen LogP contribution in [0.15, 0.2) is 6.07 Å². The van der Waals surface area contributed by atoms with Crippen molar-refractivity contribution < 1.29 is 13.2 Å². The molecule has 1 saturated carbocycles. The minimum absolute atomic E-state index is 0.285. The lowest BCUT2D eigenvalue weighted by Crippen LogP contribution is -2.45. The van der Waals surface area contributed by atoms with Gasteiger partial charge in [0, 0.05) is 24.8 Å². The molecule has 2 fully saturated rings. The second-order valence-corrected chi connectivity index (χ2v) is 6.77. The number of hydrogen-bond donors (Lipinski definition) is 0. The van der Waals surface area contributed by atoms with Crippen LogP contribution in [-0.4, -0.2) is 23.1 Å². The standard InChI is InChI=1S/C16H22F3N3/c1-12-10-13(21-14(20-12)16(17,18)19)22-9-5-8-15(11-22)6-3-2-4-7-15/h10H,2-9,11H2,1H3. The molecule has 1 aliphatic heterocycles. The molecule has 1 saturated heterocycles. The van der Waals surface area contributed by atoms with Crippen molar-refractivity contribution in [2.24, 2.45) is 5.41 Å². The lowest BCUT2D eigenvalue weighted by atomic mass is 9.69. The first-order valence-corrected chi connectivity index (χ1v) is 8.06. The van der Waals surface area contributed by atoms with E-state index in [9.17, 15) is 13.2 Å². The number of piperidine rings is 1. The van der Waals surface area contributed by atoms with Crippen molar-refractivity contribution in [3.05, 3.63) is 17.6 Å². The molecular formula is C16H22F3N3. The minimum Gasteiger partial charge on any atom is -0.356 e. The lowest BCUT2D eigenvalue weighted by Gasteiger charge is -2.45. The Morgan fingerprint density at radius 3 is 2.41 bits per heavy atom.